The maximum atomic E-state index is 12.5. The Kier molecular flexibility index (Phi) is 6.27. The van der Waals surface area contributed by atoms with Crippen LogP contribution in [0.2, 0.25) is 0 Å². The summed E-state index contributed by atoms with van der Waals surface area (Å²) in [4.78, 5) is 17.0. The fourth-order valence-electron chi connectivity index (χ4n) is 3.97. The van der Waals surface area contributed by atoms with Crippen molar-refractivity contribution in [3.05, 3.63) is 35.9 Å². The molecule has 0 spiro atoms. The SMILES string of the molecule is CN(C(=O)CCC1CCNC1)C1CCN(Cc2ccccc2)CC1. The van der Waals surface area contributed by atoms with Crippen molar-refractivity contribution in [1.29, 1.82) is 0 Å². The van der Waals surface area contributed by atoms with Gasteiger partial charge in [0, 0.05) is 39.1 Å². The first-order valence-corrected chi connectivity index (χ1v) is 9.45. The molecule has 1 amide bonds. The summed E-state index contributed by atoms with van der Waals surface area (Å²) in [7, 11) is 2.01. The van der Waals surface area contributed by atoms with E-state index in [1.807, 2.05) is 11.9 Å². The molecule has 2 fully saturated rings. The number of carbonyl (C=O) groups excluding carboxylic acids is 1. The van der Waals surface area contributed by atoms with Gasteiger partial charge in [-0.05, 0) is 50.3 Å². The second-order valence-corrected chi connectivity index (χ2v) is 7.40. The van der Waals surface area contributed by atoms with E-state index >= 15 is 0 Å². The van der Waals surface area contributed by atoms with Gasteiger partial charge >= 0.3 is 0 Å². The van der Waals surface area contributed by atoms with E-state index in [1.54, 1.807) is 0 Å². The van der Waals surface area contributed by atoms with Gasteiger partial charge in [0.25, 0.3) is 0 Å². The zero-order valence-corrected chi connectivity index (χ0v) is 14.9. The quantitative estimate of drug-likeness (QED) is 0.871. The minimum atomic E-state index is 0.336. The number of hydrogen-bond donors (Lipinski definition) is 1. The van der Waals surface area contributed by atoms with Gasteiger partial charge in [0.1, 0.15) is 0 Å². The highest BCUT2D eigenvalue weighted by molar-refractivity contribution is 5.76. The maximum Gasteiger partial charge on any atom is 0.222 e. The maximum absolute atomic E-state index is 12.5. The van der Waals surface area contributed by atoms with Crippen LogP contribution in [0.3, 0.4) is 0 Å². The summed E-state index contributed by atoms with van der Waals surface area (Å²) in [6.45, 7) is 5.41. The van der Waals surface area contributed by atoms with Crippen LogP contribution in [0.4, 0.5) is 0 Å². The van der Waals surface area contributed by atoms with Crippen LogP contribution in [0.25, 0.3) is 0 Å². The van der Waals surface area contributed by atoms with Crippen LogP contribution < -0.4 is 5.32 Å². The average molecular weight is 329 g/mol. The van der Waals surface area contributed by atoms with E-state index in [1.165, 1.54) is 12.0 Å². The lowest BCUT2D eigenvalue weighted by molar-refractivity contribution is -0.133. The van der Waals surface area contributed by atoms with Crippen LogP contribution in [0, 0.1) is 5.92 Å². The first-order chi connectivity index (χ1) is 11.7. The van der Waals surface area contributed by atoms with E-state index in [-0.39, 0.29) is 0 Å². The third-order valence-electron chi connectivity index (χ3n) is 5.68. The van der Waals surface area contributed by atoms with E-state index in [0.717, 1.165) is 52.0 Å². The molecule has 1 unspecified atom stereocenters. The zero-order valence-electron chi connectivity index (χ0n) is 14.9. The molecule has 3 rings (SSSR count). The van der Waals surface area contributed by atoms with Crippen molar-refractivity contribution < 1.29 is 4.79 Å². The highest BCUT2D eigenvalue weighted by Gasteiger charge is 2.26. The van der Waals surface area contributed by atoms with Crippen molar-refractivity contribution in [3.8, 4) is 0 Å². The normalized spacial score (nSPS) is 22.6. The number of rotatable bonds is 6. The molecule has 0 aromatic heterocycles. The average Bonchev–Trinajstić information content (AvgIpc) is 3.14. The molecule has 1 aromatic rings. The molecule has 2 saturated heterocycles. The fourth-order valence-corrected chi connectivity index (χ4v) is 3.97. The highest BCUT2D eigenvalue weighted by Crippen LogP contribution is 2.20. The third kappa shape index (κ3) is 4.81. The van der Waals surface area contributed by atoms with Gasteiger partial charge in [0.2, 0.25) is 5.91 Å². The summed E-state index contributed by atoms with van der Waals surface area (Å²) in [6, 6.07) is 11.1. The number of likely N-dealkylation sites (tertiary alicyclic amines) is 1. The Morgan fingerprint density at radius 2 is 1.96 bits per heavy atom. The second-order valence-electron chi connectivity index (χ2n) is 7.40. The number of nitrogens with zero attached hydrogens (tertiary/aromatic N) is 2. The summed E-state index contributed by atoms with van der Waals surface area (Å²) in [5.74, 6) is 1.04. The molecule has 132 valence electrons. The zero-order chi connectivity index (χ0) is 16.8. The molecular formula is C20H31N3O. The van der Waals surface area contributed by atoms with Gasteiger partial charge in [-0.2, -0.15) is 0 Å². The fraction of sp³-hybridized carbons (Fsp3) is 0.650. The minimum absolute atomic E-state index is 0.336. The molecule has 2 aliphatic rings. The van der Waals surface area contributed by atoms with Gasteiger partial charge in [-0.25, -0.2) is 0 Å². The summed E-state index contributed by atoms with van der Waals surface area (Å²) >= 11 is 0. The standard InChI is InChI=1S/C20H31N3O/c1-22(20(24)8-7-17-9-12-21-15-17)19-10-13-23(14-11-19)16-18-5-3-2-4-6-18/h2-6,17,19,21H,7-16H2,1H3. The van der Waals surface area contributed by atoms with E-state index in [9.17, 15) is 4.79 Å². The van der Waals surface area contributed by atoms with Gasteiger partial charge in [0.15, 0.2) is 0 Å². The van der Waals surface area contributed by atoms with E-state index < -0.39 is 0 Å². The van der Waals surface area contributed by atoms with Crippen molar-refractivity contribution in [2.45, 2.75) is 44.7 Å². The van der Waals surface area contributed by atoms with Crippen LogP contribution in [0.15, 0.2) is 30.3 Å². The molecule has 0 saturated carbocycles. The Balaban J connectivity index is 1.39. The Morgan fingerprint density at radius 1 is 1.21 bits per heavy atom. The predicted molar refractivity (Wildman–Crippen MR) is 97.7 cm³/mol. The molecule has 1 N–H and O–H groups in total. The summed E-state index contributed by atoms with van der Waals surface area (Å²) in [5.41, 5.74) is 1.38. The van der Waals surface area contributed by atoms with Crippen molar-refractivity contribution in [3.63, 3.8) is 0 Å². The molecule has 4 nitrogen and oxygen atoms in total. The molecule has 2 heterocycles. The van der Waals surface area contributed by atoms with Crippen molar-refractivity contribution in [2.24, 2.45) is 5.92 Å². The van der Waals surface area contributed by atoms with Crippen LogP contribution in [0.5, 0.6) is 0 Å². The number of hydrogen-bond acceptors (Lipinski definition) is 3. The topological polar surface area (TPSA) is 35.6 Å². The number of benzene rings is 1. The second kappa shape index (κ2) is 8.63. The molecule has 1 atom stereocenters. The summed E-state index contributed by atoms with van der Waals surface area (Å²) in [5, 5.41) is 3.38. The van der Waals surface area contributed by atoms with Crippen molar-refractivity contribution in [2.75, 3.05) is 33.2 Å². The van der Waals surface area contributed by atoms with Crippen molar-refractivity contribution in [1.82, 2.24) is 15.1 Å². The Labute approximate surface area is 146 Å². The molecule has 0 aliphatic carbocycles. The Morgan fingerprint density at radius 3 is 2.62 bits per heavy atom. The number of carbonyl (C=O) groups is 1. The predicted octanol–water partition coefficient (Wildman–Crippen LogP) is 2.50. The molecular weight excluding hydrogens is 298 g/mol. The number of piperidine rings is 1. The molecule has 0 bridgehead atoms. The molecule has 1 aromatic carbocycles. The third-order valence-corrected chi connectivity index (χ3v) is 5.68. The van der Waals surface area contributed by atoms with Crippen LogP contribution in [-0.2, 0) is 11.3 Å². The lowest BCUT2D eigenvalue weighted by Crippen LogP contribution is -2.45. The lowest BCUT2D eigenvalue weighted by atomic mass is 10.00. The van der Waals surface area contributed by atoms with Gasteiger partial charge in [-0.3, -0.25) is 9.69 Å². The van der Waals surface area contributed by atoms with Gasteiger partial charge in [0.05, 0.1) is 0 Å². The molecule has 4 heteroatoms. The lowest BCUT2D eigenvalue weighted by Gasteiger charge is -2.37. The van der Waals surface area contributed by atoms with Crippen molar-refractivity contribution >= 4 is 5.91 Å². The van der Waals surface area contributed by atoms with Gasteiger partial charge < -0.3 is 10.2 Å². The van der Waals surface area contributed by atoms with Crippen LogP contribution >= 0.6 is 0 Å². The Bertz CT molecular complexity index is 505. The first kappa shape index (κ1) is 17.4. The molecule has 0 radical (unpaired) electrons. The van der Waals surface area contributed by atoms with Crippen LogP contribution in [-0.4, -0.2) is 55.0 Å². The molecule has 2 aliphatic heterocycles. The van der Waals surface area contributed by atoms with E-state index in [0.29, 0.717) is 24.3 Å². The first-order valence-electron chi connectivity index (χ1n) is 9.45. The van der Waals surface area contributed by atoms with Gasteiger partial charge in [-0.1, -0.05) is 30.3 Å². The van der Waals surface area contributed by atoms with E-state index in [2.05, 4.69) is 40.5 Å². The highest BCUT2D eigenvalue weighted by atomic mass is 16.2. The van der Waals surface area contributed by atoms with E-state index in [4.69, 9.17) is 0 Å². The smallest absolute Gasteiger partial charge is 0.222 e. The Hall–Kier alpha value is -1.39. The monoisotopic (exact) mass is 329 g/mol. The molecule has 24 heavy (non-hydrogen) atoms. The number of amides is 1. The van der Waals surface area contributed by atoms with Gasteiger partial charge in [-0.15, -0.1) is 0 Å². The largest absolute Gasteiger partial charge is 0.343 e. The van der Waals surface area contributed by atoms with Crippen LogP contribution in [0.1, 0.15) is 37.7 Å². The summed E-state index contributed by atoms with van der Waals surface area (Å²) in [6.07, 6.45) is 5.19. The summed E-state index contributed by atoms with van der Waals surface area (Å²) < 4.78 is 0. The number of nitrogens with one attached hydrogen (secondary N) is 1. The minimum Gasteiger partial charge on any atom is -0.343 e.